The smallest absolute Gasteiger partial charge is 0.246 e. The molecule has 0 amide bonds. The second-order valence-electron chi connectivity index (χ2n) is 6.17. The average Bonchev–Trinajstić information content (AvgIpc) is 3.12. The van der Waals surface area contributed by atoms with Crippen LogP contribution < -0.4 is 0 Å². The zero-order valence-electron chi connectivity index (χ0n) is 13.8. The van der Waals surface area contributed by atoms with E-state index in [0.717, 1.165) is 18.8 Å². The lowest BCUT2D eigenvalue weighted by atomic mass is 10.0. The lowest BCUT2D eigenvalue weighted by molar-refractivity contribution is 0.260. The number of aromatic nitrogens is 4. The molecule has 23 heavy (non-hydrogen) atoms. The topological polar surface area (TPSA) is 73.0 Å². The lowest BCUT2D eigenvalue weighted by Gasteiger charge is -2.30. The minimum Gasteiger partial charge on any atom is -0.334 e. The fraction of sp³-hybridized carbons (Fsp3) is 0.600. The van der Waals surface area contributed by atoms with Crippen molar-refractivity contribution in [3.63, 3.8) is 0 Å². The van der Waals surface area contributed by atoms with E-state index >= 15 is 0 Å². The van der Waals surface area contributed by atoms with Crippen LogP contribution >= 0.6 is 0 Å². The normalized spacial score (nSPS) is 19.7. The Labute approximate surface area is 137 Å². The van der Waals surface area contributed by atoms with Gasteiger partial charge in [-0.15, -0.1) is 0 Å². The zero-order chi connectivity index (χ0) is 16.6. The molecular weight excluding hydrogens is 314 g/mol. The average molecular weight is 337 g/mol. The minimum atomic E-state index is -3.59. The van der Waals surface area contributed by atoms with Gasteiger partial charge in [0, 0.05) is 38.2 Å². The van der Waals surface area contributed by atoms with Crippen molar-refractivity contribution in [2.24, 2.45) is 5.92 Å². The van der Waals surface area contributed by atoms with Gasteiger partial charge >= 0.3 is 0 Å². The number of rotatable bonds is 4. The van der Waals surface area contributed by atoms with Crippen molar-refractivity contribution >= 4 is 10.0 Å². The Morgan fingerprint density at radius 3 is 2.78 bits per heavy atom. The van der Waals surface area contributed by atoms with Gasteiger partial charge in [0.15, 0.2) is 0 Å². The summed E-state index contributed by atoms with van der Waals surface area (Å²) in [6.07, 6.45) is 7.48. The van der Waals surface area contributed by atoms with Gasteiger partial charge in [0.2, 0.25) is 10.0 Å². The van der Waals surface area contributed by atoms with E-state index in [9.17, 15) is 8.42 Å². The minimum absolute atomic E-state index is 0.130. The molecule has 0 radical (unpaired) electrons. The van der Waals surface area contributed by atoms with Gasteiger partial charge in [0.05, 0.1) is 12.2 Å². The first-order valence-electron chi connectivity index (χ1n) is 8.00. The first kappa shape index (κ1) is 16.2. The summed E-state index contributed by atoms with van der Waals surface area (Å²) < 4.78 is 31.6. The third kappa shape index (κ3) is 2.81. The van der Waals surface area contributed by atoms with E-state index in [2.05, 4.69) is 14.6 Å². The van der Waals surface area contributed by atoms with E-state index in [1.807, 2.05) is 27.0 Å². The second-order valence-corrected chi connectivity index (χ2v) is 8.06. The quantitative estimate of drug-likeness (QED) is 0.854. The Hall–Kier alpha value is -1.67. The standard InChI is InChI=1S/C15H23N5O2S/c1-4-19-11-13(10-17-19)23(21,22)20-8-5-7-18-9-6-16-15(18)14(20)12(2)3/h6,9-12,14H,4-5,7-8H2,1-3H3. The predicted molar refractivity (Wildman–Crippen MR) is 86.2 cm³/mol. The molecule has 0 fully saturated rings. The molecule has 3 rings (SSSR count). The lowest BCUT2D eigenvalue weighted by Crippen LogP contribution is -2.37. The van der Waals surface area contributed by atoms with Crippen LogP contribution in [0.3, 0.4) is 0 Å². The van der Waals surface area contributed by atoms with Gasteiger partial charge in [-0.2, -0.15) is 9.40 Å². The summed E-state index contributed by atoms with van der Waals surface area (Å²) in [7, 11) is -3.59. The molecule has 0 saturated heterocycles. The molecule has 0 aliphatic carbocycles. The van der Waals surface area contributed by atoms with Crippen LogP contribution in [0.15, 0.2) is 29.7 Å². The van der Waals surface area contributed by atoms with Gasteiger partial charge in [0.25, 0.3) is 0 Å². The molecule has 3 heterocycles. The van der Waals surface area contributed by atoms with Gasteiger partial charge in [-0.25, -0.2) is 13.4 Å². The third-order valence-electron chi connectivity index (χ3n) is 4.27. The molecule has 126 valence electrons. The van der Waals surface area contributed by atoms with E-state index < -0.39 is 10.0 Å². The first-order valence-corrected chi connectivity index (χ1v) is 9.44. The molecular formula is C15H23N5O2S. The van der Waals surface area contributed by atoms with Crippen LogP contribution in [0.1, 0.15) is 39.1 Å². The van der Waals surface area contributed by atoms with Crippen LogP contribution in [-0.4, -0.2) is 38.6 Å². The molecule has 1 aliphatic heterocycles. The Bertz CT molecular complexity index is 777. The monoisotopic (exact) mass is 337 g/mol. The van der Waals surface area contributed by atoms with Crippen molar-refractivity contribution in [1.82, 2.24) is 23.6 Å². The highest BCUT2D eigenvalue weighted by Crippen LogP contribution is 2.34. The maximum Gasteiger partial charge on any atom is 0.246 e. The van der Waals surface area contributed by atoms with Gasteiger partial charge in [0.1, 0.15) is 10.7 Å². The van der Waals surface area contributed by atoms with Crippen molar-refractivity contribution in [3.05, 3.63) is 30.6 Å². The number of imidazole rings is 1. The molecule has 1 aliphatic rings. The largest absolute Gasteiger partial charge is 0.334 e. The Morgan fingerprint density at radius 1 is 1.35 bits per heavy atom. The summed E-state index contributed by atoms with van der Waals surface area (Å²) in [5.41, 5.74) is 0. The number of hydrogen-bond donors (Lipinski definition) is 0. The Morgan fingerprint density at radius 2 is 2.13 bits per heavy atom. The van der Waals surface area contributed by atoms with E-state index in [1.165, 1.54) is 6.20 Å². The molecule has 2 aromatic heterocycles. The highest BCUT2D eigenvalue weighted by atomic mass is 32.2. The fourth-order valence-corrected chi connectivity index (χ4v) is 4.84. The molecule has 0 aromatic carbocycles. The predicted octanol–water partition coefficient (Wildman–Crippen LogP) is 1.89. The molecule has 0 bridgehead atoms. The Kier molecular flexibility index (Phi) is 4.29. The van der Waals surface area contributed by atoms with Crippen molar-refractivity contribution in [1.29, 1.82) is 0 Å². The molecule has 1 atom stereocenters. The van der Waals surface area contributed by atoms with Crippen LogP contribution in [0.4, 0.5) is 0 Å². The summed E-state index contributed by atoms with van der Waals surface area (Å²) in [5, 5.41) is 4.11. The van der Waals surface area contributed by atoms with Crippen LogP contribution in [0.2, 0.25) is 0 Å². The van der Waals surface area contributed by atoms with Crippen LogP contribution in [0.25, 0.3) is 0 Å². The summed E-state index contributed by atoms with van der Waals surface area (Å²) in [6, 6.07) is -0.262. The van der Waals surface area contributed by atoms with Gasteiger partial charge < -0.3 is 4.57 Å². The van der Waals surface area contributed by atoms with E-state index in [0.29, 0.717) is 13.1 Å². The van der Waals surface area contributed by atoms with E-state index in [-0.39, 0.29) is 16.9 Å². The number of hydrogen-bond acceptors (Lipinski definition) is 4. The molecule has 2 aromatic rings. The van der Waals surface area contributed by atoms with Crippen molar-refractivity contribution in [2.75, 3.05) is 6.54 Å². The van der Waals surface area contributed by atoms with Gasteiger partial charge in [-0.3, -0.25) is 4.68 Å². The molecule has 1 unspecified atom stereocenters. The van der Waals surface area contributed by atoms with E-state index in [4.69, 9.17) is 0 Å². The summed E-state index contributed by atoms with van der Waals surface area (Å²) in [5.74, 6) is 0.953. The molecule has 0 saturated carbocycles. The summed E-state index contributed by atoms with van der Waals surface area (Å²) in [6.45, 7) is 7.93. The van der Waals surface area contributed by atoms with E-state index in [1.54, 1.807) is 21.4 Å². The summed E-state index contributed by atoms with van der Waals surface area (Å²) >= 11 is 0. The second kappa shape index (κ2) is 6.09. The van der Waals surface area contributed by atoms with Crippen molar-refractivity contribution < 1.29 is 8.42 Å². The van der Waals surface area contributed by atoms with Gasteiger partial charge in [-0.1, -0.05) is 13.8 Å². The number of nitrogens with zero attached hydrogens (tertiary/aromatic N) is 5. The molecule has 8 heteroatoms. The number of aryl methyl sites for hydroxylation is 2. The molecule has 0 N–H and O–H groups in total. The third-order valence-corrected chi connectivity index (χ3v) is 6.11. The number of fused-ring (bicyclic) bond motifs is 1. The highest BCUT2D eigenvalue weighted by Gasteiger charge is 2.38. The van der Waals surface area contributed by atoms with Crippen molar-refractivity contribution in [2.45, 2.75) is 51.2 Å². The molecule has 7 nitrogen and oxygen atoms in total. The van der Waals surface area contributed by atoms with Crippen LogP contribution in [0.5, 0.6) is 0 Å². The zero-order valence-corrected chi connectivity index (χ0v) is 14.6. The summed E-state index contributed by atoms with van der Waals surface area (Å²) in [4.78, 5) is 4.69. The van der Waals surface area contributed by atoms with Crippen molar-refractivity contribution in [3.8, 4) is 0 Å². The van der Waals surface area contributed by atoms with Gasteiger partial charge in [-0.05, 0) is 19.3 Å². The maximum absolute atomic E-state index is 13.2. The maximum atomic E-state index is 13.2. The van der Waals surface area contributed by atoms with Crippen LogP contribution in [-0.2, 0) is 23.1 Å². The Balaban J connectivity index is 2.05. The highest BCUT2D eigenvalue weighted by molar-refractivity contribution is 7.89. The SMILES string of the molecule is CCn1cc(S(=O)(=O)N2CCCn3ccnc3C2C(C)C)cn1. The fourth-order valence-electron chi connectivity index (χ4n) is 3.13. The molecule has 0 spiro atoms. The first-order chi connectivity index (χ1) is 10.9. The number of sulfonamides is 1. The van der Waals surface area contributed by atoms with Crippen LogP contribution in [0, 0.1) is 5.92 Å².